The monoisotopic (exact) mass is 532 g/mol. The second-order valence-corrected chi connectivity index (χ2v) is 10.9. The third kappa shape index (κ3) is 6.81. The Hall–Kier alpha value is -3.20. The van der Waals surface area contributed by atoms with Crippen LogP contribution in [0.2, 0.25) is 0 Å². The van der Waals surface area contributed by atoms with Crippen LogP contribution in [-0.2, 0) is 26.1 Å². The summed E-state index contributed by atoms with van der Waals surface area (Å²) < 4.78 is 46.8. The van der Waals surface area contributed by atoms with Gasteiger partial charge in [-0.3, -0.25) is 9.69 Å². The van der Waals surface area contributed by atoms with Crippen LogP contribution in [0.3, 0.4) is 0 Å². The molecule has 9 heteroatoms. The number of rotatable bonds is 8. The van der Waals surface area contributed by atoms with Crippen LogP contribution in [0.1, 0.15) is 71.2 Å². The second-order valence-electron chi connectivity index (χ2n) is 10.9. The van der Waals surface area contributed by atoms with Gasteiger partial charge < -0.3 is 19.5 Å². The van der Waals surface area contributed by atoms with E-state index in [4.69, 9.17) is 14.2 Å². The zero-order valence-corrected chi connectivity index (χ0v) is 23.2. The third-order valence-corrected chi connectivity index (χ3v) is 6.18. The van der Waals surface area contributed by atoms with Gasteiger partial charge in [-0.1, -0.05) is 19.9 Å². The molecule has 0 saturated carbocycles. The number of anilines is 1. The molecule has 0 aromatic heterocycles. The van der Waals surface area contributed by atoms with Gasteiger partial charge in [-0.15, -0.1) is 0 Å². The van der Waals surface area contributed by atoms with E-state index < -0.39 is 40.7 Å². The molecule has 2 aromatic rings. The number of hydrogen-bond acceptors (Lipinski definition) is 5. The molecule has 0 spiro atoms. The number of nitrogens with zero attached hydrogens (tertiary/aromatic N) is 1. The Bertz CT molecular complexity index is 1150. The van der Waals surface area contributed by atoms with Gasteiger partial charge in [0.15, 0.2) is 0 Å². The van der Waals surface area contributed by atoms with E-state index in [0.717, 1.165) is 17.7 Å². The third-order valence-electron chi connectivity index (χ3n) is 6.18. The Labute approximate surface area is 223 Å². The summed E-state index contributed by atoms with van der Waals surface area (Å²) >= 11 is 0. The highest BCUT2D eigenvalue weighted by molar-refractivity contribution is 5.98. The first-order valence-corrected chi connectivity index (χ1v) is 12.9. The molecule has 1 aliphatic rings. The van der Waals surface area contributed by atoms with Crippen molar-refractivity contribution in [3.8, 4) is 5.75 Å². The van der Waals surface area contributed by atoms with Gasteiger partial charge in [-0.05, 0) is 76.4 Å². The van der Waals surface area contributed by atoms with E-state index in [1.807, 2.05) is 19.9 Å². The summed E-state index contributed by atoms with van der Waals surface area (Å²) in [5.74, 6) is -1.54. The van der Waals surface area contributed by atoms with E-state index in [1.54, 1.807) is 46.8 Å². The minimum absolute atomic E-state index is 0.0526. The molecule has 0 fully saturated rings. The molecule has 7 nitrogen and oxygen atoms in total. The number of amides is 2. The molecule has 208 valence electrons. The number of benzene rings is 2. The quantitative estimate of drug-likeness (QED) is 0.441. The van der Waals surface area contributed by atoms with Gasteiger partial charge in [-0.25, -0.2) is 13.6 Å². The maximum atomic E-state index is 15.1. The maximum absolute atomic E-state index is 15.1. The van der Waals surface area contributed by atoms with Crippen LogP contribution in [0.4, 0.5) is 19.3 Å². The molecule has 1 heterocycles. The first-order valence-electron chi connectivity index (χ1n) is 12.9. The van der Waals surface area contributed by atoms with E-state index in [1.165, 1.54) is 4.90 Å². The Kier molecular flexibility index (Phi) is 9.02. The second kappa shape index (κ2) is 11.7. The average Bonchev–Trinajstić information content (AvgIpc) is 2.80. The highest BCUT2D eigenvalue weighted by atomic mass is 19.1. The molecule has 1 atom stereocenters. The molecule has 1 N–H and O–H groups in total. The lowest BCUT2D eigenvalue weighted by Gasteiger charge is -2.37. The van der Waals surface area contributed by atoms with Crippen LogP contribution in [-0.4, -0.2) is 48.9 Å². The molecule has 2 amide bonds. The molecule has 0 bridgehead atoms. The first-order chi connectivity index (χ1) is 17.8. The molecule has 0 radical (unpaired) electrons. The highest BCUT2D eigenvalue weighted by Crippen LogP contribution is 2.35. The molecule has 0 saturated heterocycles. The van der Waals surface area contributed by atoms with Gasteiger partial charge in [0.25, 0.3) is 5.91 Å². The smallest absolute Gasteiger partial charge is 0.411 e. The fourth-order valence-corrected chi connectivity index (χ4v) is 4.59. The lowest BCUT2D eigenvalue weighted by Crippen LogP contribution is -2.47. The van der Waals surface area contributed by atoms with Gasteiger partial charge in [0.1, 0.15) is 29.0 Å². The summed E-state index contributed by atoms with van der Waals surface area (Å²) in [7, 11) is 0. The highest BCUT2D eigenvalue weighted by Gasteiger charge is 2.39. The largest absolute Gasteiger partial charge is 0.494 e. The number of ether oxygens (including phenoxy) is 3. The van der Waals surface area contributed by atoms with E-state index >= 15 is 8.78 Å². The summed E-state index contributed by atoms with van der Waals surface area (Å²) in [6, 6.07) is 6.43. The van der Waals surface area contributed by atoms with Gasteiger partial charge in [0, 0.05) is 29.8 Å². The fourth-order valence-electron chi connectivity index (χ4n) is 4.59. The summed E-state index contributed by atoms with van der Waals surface area (Å²) in [5.41, 5.74) is -0.414. The number of carbonyl (C=O) groups is 2. The average molecular weight is 533 g/mol. The predicted octanol–water partition coefficient (Wildman–Crippen LogP) is 6.15. The van der Waals surface area contributed by atoms with Crippen molar-refractivity contribution in [2.24, 2.45) is 0 Å². The number of hydrogen-bond donors (Lipinski definition) is 1. The van der Waals surface area contributed by atoms with Crippen molar-refractivity contribution >= 4 is 17.7 Å². The molecular formula is C29H38F2N2O5. The van der Waals surface area contributed by atoms with Crippen molar-refractivity contribution in [3.63, 3.8) is 0 Å². The van der Waals surface area contributed by atoms with Crippen molar-refractivity contribution in [3.05, 3.63) is 58.7 Å². The number of carbonyl (C=O) groups excluding carboxylic acids is 2. The first kappa shape index (κ1) is 29.4. The van der Waals surface area contributed by atoms with Crippen molar-refractivity contribution in [2.75, 3.05) is 31.7 Å². The molecular weight excluding hydrogens is 494 g/mol. The van der Waals surface area contributed by atoms with Crippen LogP contribution in [0.5, 0.6) is 5.75 Å². The predicted molar refractivity (Wildman–Crippen MR) is 142 cm³/mol. The fraction of sp³-hybridized carbons (Fsp3) is 0.517. The van der Waals surface area contributed by atoms with Crippen molar-refractivity contribution < 1.29 is 32.6 Å². The number of fused-ring (bicyclic) bond motifs is 1. The van der Waals surface area contributed by atoms with Gasteiger partial charge >= 0.3 is 6.09 Å². The standard InChI is InChI=1S/C29H38F2N2O5/c1-8-36-17-29(6,7)24-22(30)15-19(16-23(24)31)32-26(34)25-21-11-10-20(37-9-2)14-18(21)12-13-33(25)27(35)38-28(3,4)5/h10-11,14-16,25H,8-9,12-13,17H2,1-7H3,(H,32,34)/t25-/m0/s1. The van der Waals surface area contributed by atoms with Crippen molar-refractivity contribution in [1.29, 1.82) is 0 Å². The van der Waals surface area contributed by atoms with Crippen LogP contribution >= 0.6 is 0 Å². The SMILES string of the molecule is CCOCC(C)(C)c1c(F)cc(NC(=O)[C@@H]2c3ccc(OCC)cc3CCN2C(=O)OC(C)(C)C)cc1F. The minimum atomic E-state index is -1.07. The molecule has 2 aromatic carbocycles. The van der Waals surface area contributed by atoms with E-state index in [2.05, 4.69) is 5.32 Å². The van der Waals surface area contributed by atoms with E-state index in [-0.39, 0.29) is 24.4 Å². The topological polar surface area (TPSA) is 77.1 Å². The Morgan fingerprint density at radius 2 is 1.68 bits per heavy atom. The Balaban J connectivity index is 1.96. The van der Waals surface area contributed by atoms with Crippen LogP contribution in [0, 0.1) is 11.6 Å². The van der Waals surface area contributed by atoms with Crippen LogP contribution in [0.15, 0.2) is 30.3 Å². The lowest BCUT2D eigenvalue weighted by molar-refractivity contribution is -0.122. The van der Waals surface area contributed by atoms with Gasteiger partial charge in [0.2, 0.25) is 0 Å². The Morgan fingerprint density at radius 1 is 1.03 bits per heavy atom. The Morgan fingerprint density at radius 3 is 2.26 bits per heavy atom. The summed E-state index contributed by atoms with van der Waals surface area (Å²) in [6.07, 6.45) is -0.158. The molecule has 0 unspecified atom stereocenters. The zero-order chi connectivity index (χ0) is 28.3. The number of halogens is 2. The maximum Gasteiger partial charge on any atom is 0.411 e. The molecule has 0 aliphatic carbocycles. The zero-order valence-electron chi connectivity index (χ0n) is 23.2. The van der Waals surface area contributed by atoms with E-state index in [9.17, 15) is 9.59 Å². The molecule has 38 heavy (non-hydrogen) atoms. The summed E-state index contributed by atoms with van der Waals surface area (Å²) in [4.78, 5) is 28.0. The summed E-state index contributed by atoms with van der Waals surface area (Å²) in [5, 5.41) is 2.61. The normalized spacial score (nSPS) is 15.6. The summed E-state index contributed by atoms with van der Waals surface area (Å²) in [6.45, 7) is 13.6. The lowest BCUT2D eigenvalue weighted by atomic mass is 9.84. The van der Waals surface area contributed by atoms with Gasteiger partial charge in [0.05, 0.1) is 13.2 Å². The molecule has 3 rings (SSSR count). The van der Waals surface area contributed by atoms with Crippen molar-refractivity contribution in [2.45, 2.75) is 71.9 Å². The van der Waals surface area contributed by atoms with Crippen LogP contribution < -0.4 is 10.1 Å². The molecule has 1 aliphatic heterocycles. The van der Waals surface area contributed by atoms with E-state index in [0.29, 0.717) is 30.9 Å². The van der Waals surface area contributed by atoms with Gasteiger partial charge in [-0.2, -0.15) is 0 Å². The van der Waals surface area contributed by atoms with Crippen molar-refractivity contribution in [1.82, 2.24) is 4.90 Å². The van der Waals surface area contributed by atoms with Crippen LogP contribution in [0.25, 0.3) is 0 Å². The minimum Gasteiger partial charge on any atom is -0.494 e. The number of nitrogens with one attached hydrogen (secondary N) is 1.